The van der Waals surface area contributed by atoms with Gasteiger partial charge in [-0.15, -0.1) is 0 Å². The maximum atomic E-state index is 6.08. The summed E-state index contributed by atoms with van der Waals surface area (Å²) in [5.74, 6) is 1.53. The average Bonchev–Trinajstić information content (AvgIpc) is 2.40. The van der Waals surface area contributed by atoms with Crippen LogP contribution in [0.1, 0.15) is 13.3 Å². The summed E-state index contributed by atoms with van der Waals surface area (Å²) in [6.45, 7) is 3.00. The molecule has 0 bridgehead atoms. The molecule has 2 N–H and O–H groups in total. The van der Waals surface area contributed by atoms with Gasteiger partial charge in [-0.1, -0.05) is 30.7 Å². The van der Waals surface area contributed by atoms with Crippen LogP contribution in [0.4, 0.5) is 17.3 Å². The molecule has 0 saturated carbocycles. The third-order valence-electron chi connectivity index (χ3n) is 2.36. The minimum atomic E-state index is 0.666. The number of anilines is 3. The zero-order chi connectivity index (χ0) is 12.8. The molecule has 4 nitrogen and oxygen atoms in total. The van der Waals surface area contributed by atoms with Gasteiger partial charge in [-0.05, 0) is 18.6 Å². The van der Waals surface area contributed by atoms with E-state index >= 15 is 0 Å². The van der Waals surface area contributed by atoms with E-state index in [0.29, 0.717) is 5.02 Å². The van der Waals surface area contributed by atoms with E-state index in [1.165, 1.54) is 6.33 Å². The summed E-state index contributed by atoms with van der Waals surface area (Å²) >= 11 is 6.08. The van der Waals surface area contributed by atoms with Crippen molar-refractivity contribution in [3.63, 3.8) is 0 Å². The van der Waals surface area contributed by atoms with E-state index in [0.717, 1.165) is 30.3 Å². The number of para-hydroxylation sites is 1. The summed E-state index contributed by atoms with van der Waals surface area (Å²) in [5.41, 5.74) is 0.833. The normalized spacial score (nSPS) is 10.1. The molecule has 0 fully saturated rings. The first-order chi connectivity index (χ1) is 8.79. The van der Waals surface area contributed by atoms with Crippen molar-refractivity contribution in [3.8, 4) is 0 Å². The Morgan fingerprint density at radius 2 is 1.94 bits per heavy atom. The van der Waals surface area contributed by atoms with Gasteiger partial charge in [0.15, 0.2) is 0 Å². The molecule has 2 aromatic rings. The molecule has 0 unspecified atom stereocenters. The van der Waals surface area contributed by atoms with Crippen molar-refractivity contribution in [3.05, 3.63) is 41.7 Å². The minimum Gasteiger partial charge on any atom is -0.370 e. The van der Waals surface area contributed by atoms with Crippen LogP contribution in [0, 0.1) is 0 Å². The van der Waals surface area contributed by atoms with Crippen molar-refractivity contribution < 1.29 is 0 Å². The zero-order valence-electron chi connectivity index (χ0n) is 10.2. The molecule has 0 saturated heterocycles. The highest BCUT2D eigenvalue weighted by Crippen LogP contribution is 2.24. The predicted octanol–water partition coefficient (Wildman–Crippen LogP) is 3.70. The molecular formula is C13H15ClN4. The SMILES string of the molecule is CCCNc1cc(Nc2ccccc2Cl)ncn1. The second-order valence-electron chi connectivity index (χ2n) is 3.82. The topological polar surface area (TPSA) is 49.8 Å². The Morgan fingerprint density at radius 3 is 2.72 bits per heavy atom. The van der Waals surface area contributed by atoms with Gasteiger partial charge in [-0.25, -0.2) is 9.97 Å². The third-order valence-corrected chi connectivity index (χ3v) is 2.69. The summed E-state index contributed by atoms with van der Waals surface area (Å²) in [5, 5.41) is 7.04. The molecule has 0 spiro atoms. The summed E-state index contributed by atoms with van der Waals surface area (Å²) in [6.07, 6.45) is 2.58. The number of aromatic nitrogens is 2. The van der Waals surface area contributed by atoms with Gasteiger partial charge in [0.05, 0.1) is 10.7 Å². The van der Waals surface area contributed by atoms with Gasteiger partial charge in [0, 0.05) is 12.6 Å². The van der Waals surface area contributed by atoms with Gasteiger partial charge in [0.25, 0.3) is 0 Å². The third kappa shape index (κ3) is 3.34. The van der Waals surface area contributed by atoms with E-state index in [9.17, 15) is 0 Å². The average molecular weight is 263 g/mol. The van der Waals surface area contributed by atoms with Crippen LogP contribution >= 0.6 is 11.6 Å². The maximum absolute atomic E-state index is 6.08. The van der Waals surface area contributed by atoms with E-state index in [1.54, 1.807) is 0 Å². The molecule has 0 aliphatic heterocycles. The largest absolute Gasteiger partial charge is 0.370 e. The lowest BCUT2D eigenvalue weighted by molar-refractivity contribution is 0.965. The Labute approximate surface area is 111 Å². The fraction of sp³-hybridized carbons (Fsp3) is 0.231. The van der Waals surface area contributed by atoms with Crippen molar-refractivity contribution >= 4 is 28.9 Å². The molecule has 5 heteroatoms. The van der Waals surface area contributed by atoms with Crippen LogP contribution in [0.15, 0.2) is 36.7 Å². The van der Waals surface area contributed by atoms with E-state index < -0.39 is 0 Å². The maximum Gasteiger partial charge on any atom is 0.135 e. The van der Waals surface area contributed by atoms with E-state index in [2.05, 4.69) is 27.5 Å². The van der Waals surface area contributed by atoms with Gasteiger partial charge >= 0.3 is 0 Å². The van der Waals surface area contributed by atoms with Gasteiger partial charge in [0.2, 0.25) is 0 Å². The van der Waals surface area contributed by atoms with Crippen molar-refractivity contribution in [2.45, 2.75) is 13.3 Å². The molecule has 0 radical (unpaired) electrons. The fourth-order valence-corrected chi connectivity index (χ4v) is 1.66. The lowest BCUT2D eigenvalue weighted by Crippen LogP contribution is -2.03. The first-order valence-corrected chi connectivity index (χ1v) is 6.25. The highest BCUT2D eigenvalue weighted by atomic mass is 35.5. The Balaban J connectivity index is 2.12. The van der Waals surface area contributed by atoms with Crippen molar-refractivity contribution in [2.75, 3.05) is 17.2 Å². The second-order valence-corrected chi connectivity index (χ2v) is 4.23. The van der Waals surface area contributed by atoms with E-state index in [1.807, 2.05) is 30.3 Å². The number of hydrogen-bond donors (Lipinski definition) is 2. The first kappa shape index (κ1) is 12.6. The van der Waals surface area contributed by atoms with Crippen molar-refractivity contribution in [1.82, 2.24) is 9.97 Å². The molecule has 0 aliphatic rings. The van der Waals surface area contributed by atoms with Gasteiger partial charge < -0.3 is 10.6 Å². The highest BCUT2D eigenvalue weighted by molar-refractivity contribution is 6.33. The summed E-state index contributed by atoms with van der Waals surface area (Å²) in [4.78, 5) is 8.31. The molecule has 1 heterocycles. The van der Waals surface area contributed by atoms with Gasteiger partial charge in [-0.3, -0.25) is 0 Å². The van der Waals surface area contributed by atoms with Crippen LogP contribution in [-0.4, -0.2) is 16.5 Å². The molecule has 0 amide bonds. The summed E-state index contributed by atoms with van der Waals surface area (Å²) in [7, 11) is 0. The highest BCUT2D eigenvalue weighted by Gasteiger charge is 2.01. The van der Waals surface area contributed by atoms with E-state index in [4.69, 9.17) is 11.6 Å². The lowest BCUT2D eigenvalue weighted by Gasteiger charge is -2.09. The number of benzene rings is 1. The van der Waals surface area contributed by atoms with E-state index in [-0.39, 0.29) is 0 Å². The number of nitrogens with one attached hydrogen (secondary N) is 2. The van der Waals surface area contributed by atoms with Crippen molar-refractivity contribution in [2.24, 2.45) is 0 Å². The van der Waals surface area contributed by atoms with Crippen LogP contribution in [0.25, 0.3) is 0 Å². The lowest BCUT2D eigenvalue weighted by atomic mass is 10.3. The predicted molar refractivity (Wildman–Crippen MR) is 75.5 cm³/mol. The Hall–Kier alpha value is -1.81. The number of rotatable bonds is 5. The zero-order valence-corrected chi connectivity index (χ0v) is 10.9. The van der Waals surface area contributed by atoms with Crippen LogP contribution in [0.5, 0.6) is 0 Å². The minimum absolute atomic E-state index is 0.666. The smallest absolute Gasteiger partial charge is 0.135 e. The van der Waals surface area contributed by atoms with Gasteiger partial charge in [-0.2, -0.15) is 0 Å². The fourth-order valence-electron chi connectivity index (χ4n) is 1.48. The van der Waals surface area contributed by atoms with Crippen LogP contribution in [0.3, 0.4) is 0 Å². The summed E-state index contributed by atoms with van der Waals surface area (Å²) < 4.78 is 0. The second kappa shape index (κ2) is 6.21. The quantitative estimate of drug-likeness (QED) is 0.863. The summed E-state index contributed by atoms with van der Waals surface area (Å²) in [6, 6.07) is 9.41. The molecule has 0 aliphatic carbocycles. The number of hydrogen-bond acceptors (Lipinski definition) is 4. The molecule has 1 aromatic carbocycles. The van der Waals surface area contributed by atoms with Crippen LogP contribution in [0.2, 0.25) is 5.02 Å². The Morgan fingerprint density at radius 1 is 1.17 bits per heavy atom. The van der Waals surface area contributed by atoms with Crippen LogP contribution < -0.4 is 10.6 Å². The van der Waals surface area contributed by atoms with Crippen molar-refractivity contribution in [1.29, 1.82) is 0 Å². The first-order valence-electron chi connectivity index (χ1n) is 5.87. The Bertz CT molecular complexity index is 516. The monoisotopic (exact) mass is 262 g/mol. The number of halogens is 1. The molecule has 2 rings (SSSR count). The molecular weight excluding hydrogens is 248 g/mol. The van der Waals surface area contributed by atoms with Crippen LogP contribution in [-0.2, 0) is 0 Å². The molecule has 18 heavy (non-hydrogen) atoms. The molecule has 1 aromatic heterocycles. The Kier molecular flexibility index (Phi) is 4.36. The standard InChI is InChI=1S/C13H15ClN4/c1-2-7-15-12-8-13(17-9-16-12)18-11-6-4-3-5-10(11)14/h3-6,8-9H,2,7H2,1H3,(H2,15,16,17,18). The number of nitrogens with zero attached hydrogens (tertiary/aromatic N) is 2. The molecule has 0 atom stereocenters. The van der Waals surface area contributed by atoms with Gasteiger partial charge in [0.1, 0.15) is 18.0 Å². The molecule has 94 valence electrons.